The third-order valence-electron chi connectivity index (χ3n) is 3.44. The summed E-state index contributed by atoms with van der Waals surface area (Å²) in [6.07, 6.45) is 1.59. The standard InChI is InChI=1S/C17H14N2O2/c1-12(19(20)21)11-16-17(13-7-3-2-4-8-13)14-9-5-6-10-15(14)18-16/h2-11,18H,1H3/b12-11+. The third kappa shape index (κ3) is 2.43. The van der Waals surface area contributed by atoms with Crippen LogP contribution in [0.25, 0.3) is 28.1 Å². The lowest BCUT2D eigenvalue weighted by molar-refractivity contribution is -0.422. The Balaban J connectivity index is 2.29. The van der Waals surface area contributed by atoms with Gasteiger partial charge in [0.15, 0.2) is 0 Å². The zero-order chi connectivity index (χ0) is 14.8. The molecule has 0 spiro atoms. The molecule has 4 heteroatoms. The zero-order valence-electron chi connectivity index (χ0n) is 11.5. The Morgan fingerprint density at radius 3 is 2.48 bits per heavy atom. The summed E-state index contributed by atoms with van der Waals surface area (Å²) in [7, 11) is 0. The molecule has 0 radical (unpaired) electrons. The fourth-order valence-corrected chi connectivity index (χ4v) is 2.45. The number of aromatic amines is 1. The van der Waals surface area contributed by atoms with Crippen LogP contribution in [0.5, 0.6) is 0 Å². The first-order valence-corrected chi connectivity index (χ1v) is 6.65. The minimum atomic E-state index is -0.375. The van der Waals surface area contributed by atoms with Gasteiger partial charge < -0.3 is 4.98 Å². The molecular formula is C17H14N2O2. The lowest BCUT2D eigenvalue weighted by Gasteiger charge is -2.02. The van der Waals surface area contributed by atoms with Crippen molar-refractivity contribution in [3.8, 4) is 11.1 Å². The molecule has 21 heavy (non-hydrogen) atoms. The topological polar surface area (TPSA) is 58.9 Å². The van der Waals surface area contributed by atoms with Crippen LogP contribution in [-0.4, -0.2) is 9.91 Å². The Morgan fingerprint density at radius 2 is 1.76 bits per heavy atom. The molecule has 0 aliphatic rings. The van der Waals surface area contributed by atoms with E-state index in [0.29, 0.717) is 0 Å². The van der Waals surface area contributed by atoms with Crippen molar-refractivity contribution in [1.29, 1.82) is 0 Å². The van der Waals surface area contributed by atoms with Gasteiger partial charge >= 0.3 is 0 Å². The van der Waals surface area contributed by atoms with Gasteiger partial charge in [-0.15, -0.1) is 0 Å². The van der Waals surface area contributed by atoms with Crippen molar-refractivity contribution in [2.45, 2.75) is 6.92 Å². The summed E-state index contributed by atoms with van der Waals surface area (Å²) < 4.78 is 0. The second kappa shape index (κ2) is 5.25. The molecule has 3 rings (SSSR count). The fraction of sp³-hybridized carbons (Fsp3) is 0.0588. The Morgan fingerprint density at radius 1 is 1.10 bits per heavy atom. The molecule has 1 aromatic heterocycles. The third-order valence-corrected chi connectivity index (χ3v) is 3.44. The summed E-state index contributed by atoms with van der Waals surface area (Å²) in [5, 5.41) is 12.0. The van der Waals surface area contributed by atoms with E-state index in [4.69, 9.17) is 0 Å². The molecule has 0 aliphatic heterocycles. The number of hydrogen-bond donors (Lipinski definition) is 1. The van der Waals surface area contributed by atoms with Gasteiger partial charge in [0, 0.05) is 29.5 Å². The summed E-state index contributed by atoms with van der Waals surface area (Å²) >= 11 is 0. The maximum absolute atomic E-state index is 10.9. The monoisotopic (exact) mass is 278 g/mol. The van der Waals surface area contributed by atoms with Gasteiger partial charge in [-0.25, -0.2) is 0 Å². The maximum Gasteiger partial charge on any atom is 0.245 e. The number of hydrogen-bond acceptors (Lipinski definition) is 2. The summed E-state index contributed by atoms with van der Waals surface area (Å²) in [5.41, 5.74) is 3.87. The van der Waals surface area contributed by atoms with Crippen LogP contribution in [0.2, 0.25) is 0 Å². The SMILES string of the molecule is C/C(=C\c1[nH]c2ccccc2c1-c1ccccc1)[N+](=O)[O-]. The Labute approximate surface area is 121 Å². The number of nitrogens with zero attached hydrogens (tertiary/aromatic N) is 1. The fourth-order valence-electron chi connectivity index (χ4n) is 2.45. The molecule has 0 atom stereocenters. The van der Waals surface area contributed by atoms with Crippen molar-refractivity contribution in [1.82, 2.24) is 4.98 Å². The number of rotatable bonds is 3. The van der Waals surface area contributed by atoms with Crippen molar-refractivity contribution in [2.75, 3.05) is 0 Å². The molecule has 2 aromatic carbocycles. The average molecular weight is 278 g/mol. The highest BCUT2D eigenvalue weighted by Crippen LogP contribution is 2.33. The number of benzene rings is 2. The van der Waals surface area contributed by atoms with Crippen molar-refractivity contribution in [3.05, 3.63) is 76.1 Å². The smallest absolute Gasteiger partial charge is 0.245 e. The molecule has 3 aromatic rings. The first-order valence-electron chi connectivity index (χ1n) is 6.65. The van der Waals surface area contributed by atoms with E-state index in [1.165, 1.54) is 6.92 Å². The Hall–Kier alpha value is -2.88. The van der Waals surface area contributed by atoms with E-state index < -0.39 is 0 Å². The second-order valence-corrected chi connectivity index (χ2v) is 4.87. The minimum Gasteiger partial charge on any atom is -0.354 e. The molecule has 0 bridgehead atoms. The Kier molecular flexibility index (Phi) is 3.28. The van der Waals surface area contributed by atoms with E-state index in [2.05, 4.69) is 4.98 Å². The number of aromatic nitrogens is 1. The van der Waals surface area contributed by atoms with E-state index in [-0.39, 0.29) is 10.6 Å². The number of allylic oxidation sites excluding steroid dienone is 1. The number of H-pyrrole nitrogens is 1. The van der Waals surface area contributed by atoms with E-state index in [9.17, 15) is 10.1 Å². The molecule has 1 N–H and O–H groups in total. The van der Waals surface area contributed by atoms with Crippen LogP contribution in [0, 0.1) is 10.1 Å². The molecule has 0 fully saturated rings. The summed E-state index contributed by atoms with van der Waals surface area (Å²) in [5.74, 6) is 0. The molecule has 0 saturated carbocycles. The van der Waals surface area contributed by atoms with Crippen molar-refractivity contribution < 1.29 is 4.92 Å². The molecule has 0 amide bonds. The quantitative estimate of drug-likeness (QED) is 0.567. The predicted molar refractivity (Wildman–Crippen MR) is 84.4 cm³/mol. The first kappa shape index (κ1) is 13.1. The van der Waals surface area contributed by atoms with E-state index >= 15 is 0 Å². The average Bonchev–Trinajstić information content (AvgIpc) is 2.85. The molecule has 0 saturated heterocycles. The summed E-state index contributed by atoms with van der Waals surface area (Å²) in [6.45, 7) is 1.50. The molecule has 0 aliphatic carbocycles. The second-order valence-electron chi connectivity index (χ2n) is 4.87. The minimum absolute atomic E-state index is 0.110. The van der Waals surface area contributed by atoms with Crippen LogP contribution >= 0.6 is 0 Å². The van der Waals surface area contributed by atoms with Crippen LogP contribution in [0.3, 0.4) is 0 Å². The molecule has 0 unspecified atom stereocenters. The van der Waals surface area contributed by atoms with Gasteiger partial charge in [0.1, 0.15) is 0 Å². The molecular weight excluding hydrogens is 264 g/mol. The van der Waals surface area contributed by atoms with Crippen LogP contribution in [0.15, 0.2) is 60.3 Å². The lowest BCUT2D eigenvalue weighted by Crippen LogP contribution is -1.93. The van der Waals surface area contributed by atoms with Crippen LogP contribution in [0.4, 0.5) is 0 Å². The van der Waals surface area contributed by atoms with Gasteiger partial charge in [-0.05, 0) is 11.6 Å². The van der Waals surface area contributed by atoms with Crippen LogP contribution in [-0.2, 0) is 0 Å². The lowest BCUT2D eigenvalue weighted by atomic mass is 10.0. The van der Waals surface area contributed by atoms with Crippen molar-refractivity contribution in [3.63, 3.8) is 0 Å². The van der Waals surface area contributed by atoms with Crippen LogP contribution in [0.1, 0.15) is 12.6 Å². The maximum atomic E-state index is 10.9. The predicted octanol–water partition coefficient (Wildman–Crippen LogP) is 4.47. The van der Waals surface area contributed by atoms with Gasteiger partial charge in [0.05, 0.1) is 10.6 Å². The molecule has 4 nitrogen and oxygen atoms in total. The van der Waals surface area contributed by atoms with Gasteiger partial charge in [0.2, 0.25) is 5.70 Å². The number of fused-ring (bicyclic) bond motifs is 1. The summed E-state index contributed by atoms with van der Waals surface area (Å²) in [6, 6.07) is 17.8. The van der Waals surface area contributed by atoms with Gasteiger partial charge in [0.25, 0.3) is 0 Å². The van der Waals surface area contributed by atoms with Crippen LogP contribution < -0.4 is 0 Å². The van der Waals surface area contributed by atoms with E-state index in [0.717, 1.165) is 27.7 Å². The normalized spacial score (nSPS) is 11.8. The van der Waals surface area contributed by atoms with Crippen molar-refractivity contribution >= 4 is 17.0 Å². The number of nitro groups is 1. The molecule has 104 valence electrons. The van der Waals surface area contributed by atoms with E-state index in [1.807, 2.05) is 54.6 Å². The van der Waals surface area contributed by atoms with Gasteiger partial charge in [-0.1, -0.05) is 48.5 Å². The molecule has 1 heterocycles. The Bertz CT molecular complexity index is 832. The highest BCUT2D eigenvalue weighted by Gasteiger charge is 2.13. The number of nitrogens with one attached hydrogen (secondary N) is 1. The largest absolute Gasteiger partial charge is 0.354 e. The highest BCUT2D eigenvalue weighted by molar-refractivity contribution is 6.00. The van der Waals surface area contributed by atoms with E-state index in [1.54, 1.807) is 6.08 Å². The first-order chi connectivity index (χ1) is 10.2. The number of para-hydroxylation sites is 1. The highest BCUT2D eigenvalue weighted by atomic mass is 16.6. The summed E-state index contributed by atoms with van der Waals surface area (Å²) in [4.78, 5) is 13.8. The van der Waals surface area contributed by atoms with Gasteiger partial charge in [-0.3, -0.25) is 10.1 Å². The zero-order valence-corrected chi connectivity index (χ0v) is 11.5. The van der Waals surface area contributed by atoms with Crippen molar-refractivity contribution in [2.24, 2.45) is 0 Å². The van der Waals surface area contributed by atoms with Gasteiger partial charge in [-0.2, -0.15) is 0 Å².